The van der Waals surface area contributed by atoms with Crippen LogP contribution in [0, 0.1) is 5.92 Å². The number of rotatable bonds is 7. The van der Waals surface area contributed by atoms with E-state index in [2.05, 4.69) is 12.2 Å². The molecule has 0 fully saturated rings. The quantitative estimate of drug-likeness (QED) is 0.487. The molecule has 0 aromatic rings. The summed E-state index contributed by atoms with van der Waals surface area (Å²) in [6.45, 7) is 3.79. The third kappa shape index (κ3) is 7.57. The Labute approximate surface area is 80.7 Å². The molecule has 0 radical (unpaired) electrons. The van der Waals surface area contributed by atoms with E-state index in [-0.39, 0.29) is 5.92 Å². The van der Waals surface area contributed by atoms with Crippen LogP contribution >= 0.6 is 0 Å². The highest BCUT2D eigenvalue weighted by Gasteiger charge is 2.08. The standard InChI is InChI=1S/C11H20O2/c1-3-4-5-6-7-8-9-10(2)11(12)13/h3-4,10H,5-9H2,1-2H3,(H,12,13)/b4-3-. The molecule has 13 heavy (non-hydrogen) atoms. The molecule has 2 nitrogen and oxygen atoms in total. The van der Waals surface area contributed by atoms with Gasteiger partial charge in [-0.3, -0.25) is 4.79 Å². The average molecular weight is 184 g/mol. The molecular formula is C11H20O2. The zero-order chi connectivity index (χ0) is 10.1. The predicted octanol–water partition coefficient (Wildman–Crippen LogP) is 3.23. The van der Waals surface area contributed by atoms with Crippen molar-refractivity contribution < 1.29 is 9.90 Å². The maximum absolute atomic E-state index is 10.5. The first-order valence-corrected chi connectivity index (χ1v) is 5.02. The van der Waals surface area contributed by atoms with Crippen molar-refractivity contribution in [2.75, 3.05) is 0 Å². The van der Waals surface area contributed by atoms with Gasteiger partial charge in [0, 0.05) is 0 Å². The van der Waals surface area contributed by atoms with Gasteiger partial charge < -0.3 is 5.11 Å². The largest absolute Gasteiger partial charge is 0.481 e. The maximum Gasteiger partial charge on any atom is 0.306 e. The fraction of sp³-hybridized carbons (Fsp3) is 0.727. The topological polar surface area (TPSA) is 37.3 Å². The van der Waals surface area contributed by atoms with Crippen LogP contribution in [0.1, 0.15) is 46.0 Å². The van der Waals surface area contributed by atoms with Crippen LogP contribution in [-0.2, 0) is 4.79 Å². The second kappa shape index (κ2) is 7.84. The Balaban J connectivity index is 3.20. The monoisotopic (exact) mass is 184 g/mol. The van der Waals surface area contributed by atoms with Gasteiger partial charge in [0.2, 0.25) is 0 Å². The first kappa shape index (κ1) is 12.2. The highest BCUT2D eigenvalue weighted by Crippen LogP contribution is 2.10. The SMILES string of the molecule is C/C=C\CCCCCC(C)C(=O)O. The Hall–Kier alpha value is -0.790. The van der Waals surface area contributed by atoms with Crippen LogP contribution < -0.4 is 0 Å². The van der Waals surface area contributed by atoms with Crippen LogP contribution in [0.4, 0.5) is 0 Å². The molecule has 0 saturated carbocycles. The molecule has 0 aliphatic heterocycles. The van der Waals surface area contributed by atoms with Gasteiger partial charge >= 0.3 is 5.97 Å². The number of hydrogen-bond acceptors (Lipinski definition) is 1. The summed E-state index contributed by atoms with van der Waals surface area (Å²) in [5.74, 6) is -0.852. The summed E-state index contributed by atoms with van der Waals surface area (Å²) in [6.07, 6.45) is 9.49. The van der Waals surface area contributed by atoms with Crippen molar-refractivity contribution >= 4 is 5.97 Å². The van der Waals surface area contributed by atoms with E-state index in [0.29, 0.717) is 0 Å². The number of allylic oxidation sites excluding steroid dienone is 2. The smallest absolute Gasteiger partial charge is 0.306 e. The Kier molecular flexibility index (Phi) is 7.36. The number of carboxylic acids is 1. The van der Waals surface area contributed by atoms with Crippen molar-refractivity contribution in [3.63, 3.8) is 0 Å². The number of hydrogen-bond donors (Lipinski definition) is 1. The molecular weight excluding hydrogens is 164 g/mol. The second-order valence-electron chi connectivity index (χ2n) is 3.45. The Morgan fingerprint density at radius 3 is 2.62 bits per heavy atom. The van der Waals surface area contributed by atoms with Crippen molar-refractivity contribution in [2.24, 2.45) is 5.92 Å². The highest BCUT2D eigenvalue weighted by molar-refractivity contribution is 5.69. The van der Waals surface area contributed by atoms with E-state index in [1.807, 2.05) is 6.92 Å². The molecule has 0 spiro atoms. The summed E-state index contributed by atoms with van der Waals surface area (Å²) in [5.41, 5.74) is 0. The Morgan fingerprint density at radius 2 is 2.08 bits per heavy atom. The van der Waals surface area contributed by atoms with E-state index in [4.69, 9.17) is 5.11 Å². The molecule has 0 saturated heterocycles. The van der Waals surface area contributed by atoms with Gasteiger partial charge in [0.1, 0.15) is 0 Å². The Bertz CT molecular complexity index is 161. The zero-order valence-corrected chi connectivity index (χ0v) is 8.62. The van der Waals surface area contributed by atoms with Crippen LogP contribution in [0.3, 0.4) is 0 Å². The lowest BCUT2D eigenvalue weighted by Gasteiger charge is -2.04. The first-order valence-electron chi connectivity index (χ1n) is 5.02. The van der Waals surface area contributed by atoms with Crippen LogP contribution in [0.5, 0.6) is 0 Å². The van der Waals surface area contributed by atoms with Crippen molar-refractivity contribution in [3.8, 4) is 0 Å². The van der Waals surface area contributed by atoms with E-state index in [9.17, 15) is 4.79 Å². The van der Waals surface area contributed by atoms with Crippen molar-refractivity contribution in [1.82, 2.24) is 0 Å². The molecule has 0 rings (SSSR count). The van der Waals surface area contributed by atoms with E-state index in [1.54, 1.807) is 6.92 Å². The molecule has 0 heterocycles. The van der Waals surface area contributed by atoms with Gasteiger partial charge in [0.25, 0.3) is 0 Å². The van der Waals surface area contributed by atoms with Crippen LogP contribution in [-0.4, -0.2) is 11.1 Å². The van der Waals surface area contributed by atoms with Crippen LogP contribution in [0.2, 0.25) is 0 Å². The minimum Gasteiger partial charge on any atom is -0.481 e. The van der Waals surface area contributed by atoms with Gasteiger partial charge in [-0.1, -0.05) is 31.9 Å². The molecule has 0 aliphatic rings. The van der Waals surface area contributed by atoms with Gasteiger partial charge in [0.15, 0.2) is 0 Å². The second-order valence-corrected chi connectivity index (χ2v) is 3.45. The van der Waals surface area contributed by atoms with E-state index < -0.39 is 5.97 Å². The summed E-state index contributed by atoms with van der Waals surface area (Å²) in [6, 6.07) is 0. The van der Waals surface area contributed by atoms with Gasteiger partial charge in [-0.15, -0.1) is 0 Å². The minimum absolute atomic E-state index is 0.179. The molecule has 1 atom stereocenters. The lowest BCUT2D eigenvalue weighted by atomic mass is 10.0. The third-order valence-corrected chi connectivity index (χ3v) is 2.17. The van der Waals surface area contributed by atoms with Gasteiger partial charge in [-0.05, 0) is 26.2 Å². The minimum atomic E-state index is -0.673. The Morgan fingerprint density at radius 1 is 1.38 bits per heavy atom. The molecule has 0 amide bonds. The maximum atomic E-state index is 10.5. The van der Waals surface area contributed by atoms with Gasteiger partial charge in [-0.25, -0.2) is 0 Å². The van der Waals surface area contributed by atoms with Crippen molar-refractivity contribution in [3.05, 3.63) is 12.2 Å². The summed E-state index contributed by atoms with van der Waals surface area (Å²) < 4.78 is 0. The summed E-state index contributed by atoms with van der Waals surface area (Å²) in [5, 5.41) is 8.61. The third-order valence-electron chi connectivity index (χ3n) is 2.17. The molecule has 0 aliphatic carbocycles. The average Bonchev–Trinajstić information content (AvgIpc) is 2.10. The van der Waals surface area contributed by atoms with Crippen molar-refractivity contribution in [2.45, 2.75) is 46.0 Å². The number of aliphatic carboxylic acids is 1. The van der Waals surface area contributed by atoms with E-state index in [1.165, 1.54) is 6.42 Å². The normalized spacial score (nSPS) is 13.4. The molecule has 1 unspecified atom stereocenters. The molecule has 0 bridgehead atoms. The molecule has 0 aromatic carbocycles. The summed E-state index contributed by atoms with van der Waals surface area (Å²) in [4.78, 5) is 10.5. The molecule has 2 heteroatoms. The van der Waals surface area contributed by atoms with Gasteiger partial charge in [0.05, 0.1) is 5.92 Å². The van der Waals surface area contributed by atoms with Gasteiger partial charge in [-0.2, -0.15) is 0 Å². The lowest BCUT2D eigenvalue weighted by molar-refractivity contribution is -0.141. The van der Waals surface area contributed by atoms with Crippen LogP contribution in [0.25, 0.3) is 0 Å². The summed E-state index contributed by atoms with van der Waals surface area (Å²) in [7, 11) is 0. The van der Waals surface area contributed by atoms with E-state index >= 15 is 0 Å². The lowest BCUT2D eigenvalue weighted by Crippen LogP contribution is -2.08. The summed E-state index contributed by atoms with van der Waals surface area (Å²) >= 11 is 0. The van der Waals surface area contributed by atoms with Crippen LogP contribution in [0.15, 0.2) is 12.2 Å². The first-order chi connectivity index (χ1) is 6.18. The van der Waals surface area contributed by atoms with Crippen molar-refractivity contribution in [1.29, 1.82) is 0 Å². The zero-order valence-electron chi connectivity index (χ0n) is 8.62. The molecule has 1 N–H and O–H groups in total. The number of carbonyl (C=O) groups is 1. The highest BCUT2D eigenvalue weighted by atomic mass is 16.4. The fourth-order valence-electron chi connectivity index (χ4n) is 1.18. The number of unbranched alkanes of at least 4 members (excludes halogenated alkanes) is 3. The predicted molar refractivity (Wildman–Crippen MR) is 54.7 cm³/mol. The number of carboxylic acid groups (broad SMARTS) is 1. The van der Waals surface area contributed by atoms with E-state index in [0.717, 1.165) is 25.7 Å². The molecule has 0 aromatic heterocycles. The molecule has 76 valence electrons. The fourth-order valence-corrected chi connectivity index (χ4v) is 1.18.